The maximum atomic E-state index is 11.8. The van der Waals surface area contributed by atoms with Crippen molar-refractivity contribution in [2.24, 2.45) is 5.10 Å². The number of halogens is 1. The summed E-state index contributed by atoms with van der Waals surface area (Å²) in [5.74, 6) is -0.312. The summed E-state index contributed by atoms with van der Waals surface area (Å²) in [6.07, 6.45) is 1.60. The standard InChI is InChI=1S/C13H11ClN2OS/c1-9-4-5-11(12(14)7-9)13(17)16-15-8-10-3-2-6-18-10/h2-8H,1H3,(H,16,17). The maximum Gasteiger partial charge on any atom is 0.272 e. The Morgan fingerprint density at radius 3 is 2.94 bits per heavy atom. The number of hydrazone groups is 1. The molecular weight excluding hydrogens is 268 g/mol. The molecule has 3 nitrogen and oxygen atoms in total. The van der Waals surface area contributed by atoms with Gasteiger partial charge in [-0.3, -0.25) is 4.79 Å². The van der Waals surface area contributed by atoms with Crippen LogP contribution in [0.5, 0.6) is 0 Å². The van der Waals surface area contributed by atoms with Crippen LogP contribution in [0.4, 0.5) is 0 Å². The van der Waals surface area contributed by atoms with Crippen LogP contribution in [0.25, 0.3) is 0 Å². The average molecular weight is 279 g/mol. The predicted octanol–water partition coefficient (Wildman–Crippen LogP) is 3.47. The van der Waals surface area contributed by atoms with Crippen LogP contribution in [-0.2, 0) is 0 Å². The van der Waals surface area contributed by atoms with Crippen LogP contribution in [0.2, 0.25) is 5.02 Å². The van der Waals surface area contributed by atoms with E-state index in [9.17, 15) is 4.79 Å². The van der Waals surface area contributed by atoms with Crippen molar-refractivity contribution in [1.82, 2.24) is 5.43 Å². The van der Waals surface area contributed by atoms with E-state index in [4.69, 9.17) is 11.6 Å². The van der Waals surface area contributed by atoms with Crippen LogP contribution < -0.4 is 5.43 Å². The second-order valence-corrected chi connectivity index (χ2v) is 5.08. The van der Waals surface area contributed by atoms with Crippen LogP contribution in [0.1, 0.15) is 20.8 Å². The molecule has 5 heteroatoms. The third-order valence-electron chi connectivity index (χ3n) is 2.27. The molecule has 0 atom stereocenters. The highest BCUT2D eigenvalue weighted by Gasteiger charge is 2.08. The molecule has 1 aromatic heterocycles. The molecule has 1 heterocycles. The Balaban J connectivity index is 2.04. The number of rotatable bonds is 3. The van der Waals surface area contributed by atoms with Gasteiger partial charge in [0.15, 0.2) is 0 Å². The molecule has 0 aliphatic carbocycles. The largest absolute Gasteiger partial charge is 0.272 e. The van der Waals surface area contributed by atoms with Gasteiger partial charge in [-0.25, -0.2) is 5.43 Å². The van der Waals surface area contributed by atoms with Crippen molar-refractivity contribution in [1.29, 1.82) is 0 Å². The van der Waals surface area contributed by atoms with E-state index in [0.29, 0.717) is 10.6 Å². The normalized spacial score (nSPS) is 10.8. The molecule has 2 rings (SSSR count). The highest BCUT2D eigenvalue weighted by molar-refractivity contribution is 7.11. The summed E-state index contributed by atoms with van der Waals surface area (Å²) in [6, 6.07) is 9.11. The zero-order valence-electron chi connectivity index (χ0n) is 9.68. The van der Waals surface area contributed by atoms with Crippen molar-refractivity contribution in [2.45, 2.75) is 6.92 Å². The Labute approximate surface area is 114 Å². The van der Waals surface area contributed by atoms with E-state index >= 15 is 0 Å². The lowest BCUT2D eigenvalue weighted by Gasteiger charge is -2.03. The lowest BCUT2D eigenvalue weighted by atomic mass is 10.1. The van der Waals surface area contributed by atoms with Gasteiger partial charge >= 0.3 is 0 Å². The molecule has 1 amide bonds. The van der Waals surface area contributed by atoms with Gasteiger partial charge in [0.05, 0.1) is 16.8 Å². The summed E-state index contributed by atoms with van der Waals surface area (Å²) in [7, 11) is 0. The first-order valence-corrected chi connectivity index (χ1v) is 6.55. The zero-order valence-corrected chi connectivity index (χ0v) is 11.3. The fourth-order valence-corrected chi connectivity index (χ4v) is 2.29. The van der Waals surface area contributed by atoms with E-state index in [1.165, 1.54) is 0 Å². The molecule has 0 saturated carbocycles. The number of hydrogen-bond donors (Lipinski definition) is 1. The molecule has 1 aromatic carbocycles. The molecule has 18 heavy (non-hydrogen) atoms. The van der Waals surface area contributed by atoms with Gasteiger partial charge in [0, 0.05) is 4.88 Å². The maximum absolute atomic E-state index is 11.8. The van der Waals surface area contributed by atoms with Gasteiger partial charge in [0.2, 0.25) is 0 Å². The Hall–Kier alpha value is -1.65. The molecule has 0 bridgehead atoms. The number of carbonyl (C=O) groups is 1. The van der Waals surface area contributed by atoms with Gasteiger partial charge in [-0.15, -0.1) is 11.3 Å². The second kappa shape index (κ2) is 5.80. The van der Waals surface area contributed by atoms with Crippen LogP contribution in [0.15, 0.2) is 40.8 Å². The molecule has 0 aliphatic rings. The molecule has 2 aromatic rings. The number of nitrogens with one attached hydrogen (secondary N) is 1. The average Bonchev–Trinajstić information content (AvgIpc) is 2.81. The van der Waals surface area contributed by atoms with E-state index in [1.807, 2.05) is 30.5 Å². The highest BCUT2D eigenvalue weighted by Crippen LogP contribution is 2.17. The number of carbonyl (C=O) groups excluding carboxylic acids is 1. The Morgan fingerprint density at radius 2 is 2.28 bits per heavy atom. The van der Waals surface area contributed by atoms with E-state index in [-0.39, 0.29) is 5.91 Å². The minimum Gasteiger partial charge on any atom is -0.267 e. The zero-order chi connectivity index (χ0) is 13.0. The van der Waals surface area contributed by atoms with Gasteiger partial charge in [0.25, 0.3) is 5.91 Å². The van der Waals surface area contributed by atoms with Crippen molar-refractivity contribution in [3.05, 3.63) is 56.7 Å². The van der Waals surface area contributed by atoms with Gasteiger partial charge in [-0.05, 0) is 36.1 Å². The Kier molecular flexibility index (Phi) is 4.12. The van der Waals surface area contributed by atoms with Crippen molar-refractivity contribution >= 4 is 35.1 Å². The molecule has 92 valence electrons. The minimum absolute atomic E-state index is 0.312. The second-order valence-electron chi connectivity index (χ2n) is 3.70. The van der Waals surface area contributed by atoms with Gasteiger partial charge < -0.3 is 0 Å². The number of hydrogen-bond acceptors (Lipinski definition) is 3. The summed E-state index contributed by atoms with van der Waals surface area (Å²) in [5.41, 5.74) is 3.88. The summed E-state index contributed by atoms with van der Waals surface area (Å²) >= 11 is 7.54. The number of amides is 1. The first-order valence-electron chi connectivity index (χ1n) is 5.30. The van der Waals surface area contributed by atoms with Crippen molar-refractivity contribution < 1.29 is 4.79 Å². The van der Waals surface area contributed by atoms with Gasteiger partial charge in [0.1, 0.15) is 0 Å². The molecule has 0 radical (unpaired) electrons. The van der Waals surface area contributed by atoms with E-state index < -0.39 is 0 Å². The van der Waals surface area contributed by atoms with Crippen LogP contribution in [0, 0.1) is 6.92 Å². The molecule has 0 fully saturated rings. The first kappa shape index (κ1) is 12.8. The summed E-state index contributed by atoms with van der Waals surface area (Å²) in [4.78, 5) is 12.8. The molecule has 0 unspecified atom stereocenters. The van der Waals surface area contributed by atoms with E-state index in [0.717, 1.165) is 10.4 Å². The summed E-state index contributed by atoms with van der Waals surface area (Å²) in [5, 5.41) is 6.25. The van der Waals surface area contributed by atoms with Crippen LogP contribution in [-0.4, -0.2) is 12.1 Å². The number of aryl methyl sites for hydroxylation is 1. The number of benzene rings is 1. The van der Waals surface area contributed by atoms with E-state index in [1.54, 1.807) is 29.7 Å². The first-order chi connectivity index (χ1) is 8.66. The number of nitrogens with zero attached hydrogens (tertiary/aromatic N) is 1. The Morgan fingerprint density at radius 1 is 1.44 bits per heavy atom. The van der Waals surface area contributed by atoms with Gasteiger partial charge in [-0.1, -0.05) is 23.7 Å². The fraction of sp³-hybridized carbons (Fsp3) is 0.0769. The van der Waals surface area contributed by atoms with Crippen molar-refractivity contribution in [3.8, 4) is 0 Å². The fourth-order valence-electron chi connectivity index (χ4n) is 1.38. The molecule has 0 saturated heterocycles. The lowest BCUT2D eigenvalue weighted by molar-refractivity contribution is 0.0955. The highest BCUT2D eigenvalue weighted by atomic mass is 35.5. The van der Waals surface area contributed by atoms with Crippen molar-refractivity contribution in [3.63, 3.8) is 0 Å². The smallest absolute Gasteiger partial charge is 0.267 e. The third kappa shape index (κ3) is 3.18. The molecule has 0 spiro atoms. The topological polar surface area (TPSA) is 41.5 Å². The predicted molar refractivity (Wildman–Crippen MR) is 75.6 cm³/mol. The summed E-state index contributed by atoms with van der Waals surface area (Å²) < 4.78 is 0. The molecule has 1 N–H and O–H groups in total. The monoisotopic (exact) mass is 278 g/mol. The minimum atomic E-state index is -0.312. The number of thiophene rings is 1. The third-order valence-corrected chi connectivity index (χ3v) is 3.39. The Bertz CT molecular complexity index is 579. The summed E-state index contributed by atoms with van der Waals surface area (Å²) in [6.45, 7) is 1.92. The van der Waals surface area contributed by atoms with Crippen LogP contribution >= 0.6 is 22.9 Å². The lowest BCUT2D eigenvalue weighted by Crippen LogP contribution is -2.17. The van der Waals surface area contributed by atoms with Crippen molar-refractivity contribution in [2.75, 3.05) is 0 Å². The molecular formula is C13H11ClN2OS. The van der Waals surface area contributed by atoms with Crippen LogP contribution in [0.3, 0.4) is 0 Å². The quantitative estimate of drug-likeness (QED) is 0.678. The van der Waals surface area contributed by atoms with E-state index in [2.05, 4.69) is 10.5 Å². The van der Waals surface area contributed by atoms with Gasteiger partial charge in [-0.2, -0.15) is 5.10 Å². The molecule has 0 aliphatic heterocycles. The SMILES string of the molecule is Cc1ccc(C(=O)NN=Cc2cccs2)c(Cl)c1.